The van der Waals surface area contributed by atoms with Crippen molar-refractivity contribution in [2.24, 2.45) is 5.92 Å². The van der Waals surface area contributed by atoms with Crippen LogP contribution >= 0.6 is 0 Å². The van der Waals surface area contributed by atoms with Gasteiger partial charge in [-0.1, -0.05) is 0 Å². The van der Waals surface area contributed by atoms with E-state index in [-0.39, 0.29) is 28.1 Å². The van der Waals surface area contributed by atoms with Crippen molar-refractivity contribution in [1.82, 2.24) is 9.55 Å². The van der Waals surface area contributed by atoms with E-state index < -0.39 is 72.0 Å². The van der Waals surface area contributed by atoms with E-state index in [1.165, 1.54) is 18.4 Å². The fraction of sp³-hybridized carbons (Fsp3) is 0.619. The fourth-order valence-corrected chi connectivity index (χ4v) is 4.96. The van der Waals surface area contributed by atoms with Gasteiger partial charge >= 0.3 is 18.0 Å². The number of benzene rings is 1. The number of aliphatic hydroxyl groups is 2. The molecule has 36 heavy (non-hydrogen) atoms. The van der Waals surface area contributed by atoms with E-state index >= 15 is 4.39 Å². The van der Waals surface area contributed by atoms with Gasteiger partial charge in [-0.25, -0.2) is 13.6 Å². The summed E-state index contributed by atoms with van der Waals surface area (Å²) in [6.45, 7) is 0.555. The first-order valence-corrected chi connectivity index (χ1v) is 10.8. The second-order valence-corrected chi connectivity index (χ2v) is 9.29. The van der Waals surface area contributed by atoms with Crippen LogP contribution in [0.5, 0.6) is 0 Å². The molecule has 3 atom stereocenters. The number of hydrogen-bond acceptors (Lipinski definition) is 5. The standard InChI is InChI=1S/C21H21F8N3O4/c1-7-12-14(32(9-3-4-9)18(35)30-17(12)34)8(2)15(13(7)23)31-5-10(11(22)6-31)16(33)19(36,20(24,25)26)21(27,28)29/h9-11,16,33,36H,3-6H2,1-2H3,(H,30,34,35). The minimum atomic E-state index is -6.39. The van der Waals surface area contributed by atoms with Gasteiger partial charge in [0.25, 0.3) is 11.2 Å². The number of hydrogen-bond donors (Lipinski definition) is 3. The number of halogens is 8. The van der Waals surface area contributed by atoms with Gasteiger partial charge < -0.3 is 15.1 Å². The zero-order valence-corrected chi connectivity index (χ0v) is 18.8. The van der Waals surface area contributed by atoms with Crippen molar-refractivity contribution < 1.29 is 45.3 Å². The van der Waals surface area contributed by atoms with Crippen LogP contribution < -0.4 is 16.1 Å². The lowest BCUT2D eigenvalue weighted by Gasteiger charge is -2.38. The monoisotopic (exact) mass is 531 g/mol. The summed E-state index contributed by atoms with van der Waals surface area (Å²) in [5.74, 6) is -3.49. The highest BCUT2D eigenvalue weighted by atomic mass is 19.4. The Morgan fingerprint density at radius 2 is 1.56 bits per heavy atom. The number of H-pyrrole nitrogens is 1. The number of aromatic amines is 1. The van der Waals surface area contributed by atoms with E-state index in [0.717, 1.165) is 4.90 Å². The predicted octanol–water partition coefficient (Wildman–Crippen LogP) is 2.77. The van der Waals surface area contributed by atoms with Crippen molar-refractivity contribution >= 4 is 16.6 Å². The zero-order valence-electron chi connectivity index (χ0n) is 18.8. The molecule has 3 N–H and O–H groups in total. The molecule has 0 amide bonds. The van der Waals surface area contributed by atoms with Crippen LogP contribution in [0.3, 0.4) is 0 Å². The van der Waals surface area contributed by atoms with Crippen LogP contribution in [-0.2, 0) is 0 Å². The number of nitrogens with one attached hydrogen (secondary N) is 1. The minimum absolute atomic E-state index is 0.0154. The van der Waals surface area contributed by atoms with Gasteiger partial charge in [-0.3, -0.25) is 14.3 Å². The second kappa shape index (κ2) is 8.16. The first-order valence-electron chi connectivity index (χ1n) is 10.8. The Labute approximate surface area is 196 Å². The number of fused-ring (bicyclic) bond motifs is 1. The van der Waals surface area contributed by atoms with E-state index in [0.29, 0.717) is 12.8 Å². The van der Waals surface area contributed by atoms with Gasteiger partial charge in [0.15, 0.2) is 5.82 Å². The van der Waals surface area contributed by atoms with Crippen LogP contribution in [0.1, 0.15) is 30.0 Å². The number of aliphatic hydroxyl groups excluding tert-OH is 1. The molecule has 1 saturated heterocycles. The molecule has 3 unspecified atom stereocenters. The highest BCUT2D eigenvalue weighted by molar-refractivity contribution is 5.90. The molecule has 1 aliphatic carbocycles. The fourth-order valence-electron chi connectivity index (χ4n) is 4.96. The summed E-state index contributed by atoms with van der Waals surface area (Å²) in [6, 6.07) is -0.316. The van der Waals surface area contributed by atoms with Crippen LogP contribution in [0, 0.1) is 25.6 Å². The largest absolute Gasteiger partial charge is 0.428 e. The third kappa shape index (κ3) is 3.69. The number of anilines is 1. The van der Waals surface area contributed by atoms with Gasteiger partial charge in [0.05, 0.1) is 16.6 Å². The molecule has 1 saturated carbocycles. The third-order valence-electron chi connectivity index (χ3n) is 6.98. The molecule has 0 spiro atoms. The van der Waals surface area contributed by atoms with Crippen LogP contribution in [0.2, 0.25) is 0 Å². The Kier molecular flexibility index (Phi) is 5.98. The molecule has 7 nitrogen and oxygen atoms in total. The van der Waals surface area contributed by atoms with Crippen molar-refractivity contribution in [3.63, 3.8) is 0 Å². The van der Waals surface area contributed by atoms with Crippen LogP contribution in [0.25, 0.3) is 10.9 Å². The van der Waals surface area contributed by atoms with E-state index in [2.05, 4.69) is 4.98 Å². The summed E-state index contributed by atoms with van der Waals surface area (Å²) in [6.07, 6.45) is -17.8. The number of rotatable bonds is 4. The number of aryl methyl sites for hydroxylation is 2. The first-order chi connectivity index (χ1) is 16.4. The zero-order chi connectivity index (χ0) is 27.1. The molecule has 1 aromatic carbocycles. The maximum Gasteiger partial charge on any atom is 0.428 e. The molecule has 0 bridgehead atoms. The normalized spacial score (nSPS) is 22.5. The summed E-state index contributed by atoms with van der Waals surface area (Å²) >= 11 is 0. The van der Waals surface area contributed by atoms with Crippen molar-refractivity contribution in [1.29, 1.82) is 0 Å². The van der Waals surface area contributed by atoms with E-state index in [1.807, 2.05) is 0 Å². The number of aromatic nitrogens is 2. The predicted molar refractivity (Wildman–Crippen MR) is 110 cm³/mol. The molecule has 2 aromatic rings. The molecule has 0 radical (unpaired) electrons. The molecule has 1 aliphatic heterocycles. The molecular formula is C21H21F8N3O4. The molecule has 2 fully saturated rings. The maximum atomic E-state index is 15.5. The summed E-state index contributed by atoms with van der Waals surface area (Å²) in [5.41, 5.74) is -8.03. The molecule has 4 rings (SSSR count). The molecule has 15 heteroatoms. The van der Waals surface area contributed by atoms with Crippen LogP contribution in [0.4, 0.5) is 40.8 Å². The Morgan fingerprint density at radius 3 is 2.06 bits per heavy atom. The van der Waals surface area contributed by atoms with Gasteiger partial charge in [-0.2, -0.15) is 26.3 Å². The summed E-state index contributed by atoms with van der Waals surface area (Å²) in [5, 5.41) is 19.3. The highest BCUT2D eigenvalue weighted by Gasteiger charge is 2.75. The van der Waals surface area contributed by atoms with Crippen LogP contribution in [0.15, 0.2) is 9.59 Å². The molecule has 1 aromatic heterocycles. The quantitative estimate of drug-likeness (QED) is 0.528. The van der Waals surface area contributed by atoms with Crippen molar-refractivity contribution in [3.05, 3.63) is 37.8 Å². The van der Waals surface area contributed by atoms with Gasteiger partial charge in [0.2, 0.25) is 0 Å². The molecule has 2 aliphatic rings. The lowest BCUT2D eigenvalue weighted by atomic mass is 9.84. The second-order valence-electron chi connectivity index (χ2n) is 9.29. The summed E-state index contributed by atoms with van der Waals surface area (Å²) in [4.78, 5) is 27.8. The smallest absolute Gasteiger partial charge is 0.389 e. The number of alkyl halides is 7. The minimum Gasteiger partial charge on any atom is -0.389 e. The average molecular weight is 531 g/mol. The van der Waals surface area contributed by atoms with Crippen molar-refractivity contribution in [2.45, 2.75) is 63.0 Å². The SMILES string of the molecule is Cc1c(F)c(N2CC(F)C(C(O)C(O)(C(F)(F)F)C(F)(F)F)C2)c(C)c2c1c(=O)[nH]c(=O)n2C1CC1. The molecular weight excluding hydrogens is 510 g/mol. The van der Waals surface area contributed by atoms with E-state index in [4.69, 9.17) is 0 Å². The highest BCUT2D eigenvalue weighted by Crippen LogP contribution is 2.49. The lowest BCUT2D eigenvalue weighted by Crippen LogP contribution is -2.66. The van der Waals surface area contributed by atoms with E-state index in [1.54, 1.807) is 0 Å². The van der Waals surface area contributed by atoms with E-state index in [9.17, 15) is 50.5 Å². The van der Waals surface area contributed by atoms with Crippen LogP contribution in [-0.4, -0.2) is 63.1 Å². The van der Waals surface area contributed by atoms with Gasteiger partial charge in [-0.15, -0.1) is 0 Å². The number of nitrogens with zero attached hydrogens (tertiary/aromatic N) is 2. The summed E-state index contributed by atoms with van der Waals surface area (Å²) in [7, 11) is 0. The summed E-state index contributed by atoms with van der Waals surface area (Å²) < 4.78 is 111. The topological polar surface area (TPSA) is 98.6 Å². The third-order valence-corrected chi connectivity index (χ3v) is 6.98. The molecule has 200 valence electrons. The van der Waals surface area contributed by atoms with Gasteiger partial charge in [-0.05, 0) is 26.7 Å². The molecule has 2 heterocycles. The van der Waals surface area contributed by atoms with Crippen molar-refractivity contribution in [2.75, 3.05) is 18.0 Å². The lowest BCUT2D eigenvalue weighted by molar-refractivity contribution is -0.396. The Bertz CT molecular complexity index is 1310. The van der Waals surface area contributed by atoms with Crippen molar-refractivity contribution in [3.8, 4) is 0 Å². The Balaban J connectivity index is 1.84. The van der Waals surface area contributed by atoms with Gasteiger partial charge in [0.1, 0.15) is 12.3 Å². The average Bonchev–Trinajstić information content (AvgIpc) is 3.50. The Morgan fingerprint density at radius 1 is 1.00 bits per heavy atom. The maximum absolute atomic E-state index is 15.5. The Hall–Kier alpha value is -2.68. The first kappa shape index (κ1) is 26.4. The van der Waals surface area contributed by atoms with Gasteiger partial charge in [0, 0.05) is 36.2 Å².